The summed E-state index contributed by atoms with van der Waals surface area (Å²) >= 11 is 11.8. The molecule has 3 aromatic carbocycles. The fourth-order valence-electron chi connectivity index (χ4n) is 3.51. The molecule has 0 aliphatic heterocycles. The van der Waals surface area contributed by atoms with Gasteiger partial charge in [0.05, 0.1) is 40.4 Å². The van der Waals surface area contributed by atoms with E-state index in [9.17, 15) is 19.8 Å². The van der Waals surface area contributed by atoms with Crippen molar-refractivity contribution in [1.82, 2.24) is 9.55 Å². The number of amides is 1. The number of carbonyl (C=O) groups excluding carboxylic acids is 1. The highest BCUT2D eigenvalue weighted by atomic mass is 35.5. The summed E-state index contributed by atoms with van der Waals surface area (Å²) < 4.78 is 1.80. The number of phenolic OH excluding ortho intramolecular Hbond substituents is 1. The molecule has 1 atom stereocenters. The van der Waals surface area contributed by atoms with Gasteiger partial charge in [-0.15, -0.1) is 0 Å². The van der Waals surface area contributed by atoms with Crippen LogP contribution in [0.15, 0.2) is 67.0 Å². The van der Waals surface area contributed by atoms with E-state index in [0.29, 0.717) is 16.7 Å². The molecule has 1 aromatic heterocycles. The van der Waals surface area contributed by atoms with Crippen molar-refractivity contribution in [3.05, 3.63) is 88.2 Å². The van der Waals surface area contributed by atoms with Gasteiger partial charge in [0.25, 0.3) is 5.91 Å². The van der Waals surface area contributed by atoms with Gasteiger partial charge in [-0.05, 0) is 35.9 Å². The number of aromatic hydroxyl groups is 1. The fourth-order valence-corrected chi connectivity index (χ4v) is 4.01. The number of nitrogens with one attached hydrogen (secondary N) is 1. The number of imidazole rings is 1. The minimum atomic E-state index is -0.926. The van der Waals surface area contributed by atoms with E-state index in [4.69, 9.17) is 23.2 Å². The molecule has 9 heteroatoms. The molecule has 1 heterocycles. The zero-order valence-electron chi connectivity index (χ0n) is 16.5. The Labute approximate surface area is 192 Å². The number of aromatic nitrogens is 2. The van der Waals surface area contributed by atoms with Crippen molar-refractivity contribution in [2.75, 3.05) is 5.32 Å². The normalized spacial score (nSPS) is 11.9. The number of nitrogens with zero attached hydrogens (tertiary/aromatic N) is 2. The number of carboxylic acid groups (broad SMARTS) is 1. The van der Waals surface area contributed by atoms with Crippen LogP contribution in [0.4, 0.5) is 5.69 Å². The quantitative estimate of drug-likeness (QED) is 0.352. The van der Waals surface area contributed by atoms with Gasteiger partial charge in [-0.3, -0.25) is 9.59 Å². The molecule has 0 bridgehead atoms. The number of hydrogen-bond donors (Lipinski definition) is 3. The molecule has 1 amide bonds. The zero-order chi connectivity index (χ0) is 22.8. The van der Waals surface area contributed by atoms with Crippen molar-refractivity contribution in [2.24, 2.45) is 0 Å². The van der Waals surface area contributed by atoms with E-state index in [2.05, 4.69) is 10.3 Å². The first kappa shape index (κ1) is 21.7. The van der Waals surface area contributed by atoms with Crippen LogP contribution in [0.5, 0.6) is 5.75 Å². The van der Waals surface area contributed by atoms with Gasteiger partial charge in [-0.1, -0.05) is 53.5 Å². The maximum Gasteiger partial charge on any atom is 0.305 e. The van der Waals surface area contributed by atoms with E-state index in [1.807, 2.05) is 30.3 Å². The lowest BCUT2D eigenvalue weighted by Crippen LogP contribution is -2.14. The second-order valence-electron chi connectivity index (χ2n) is 7.12. The Hall–Kier alpha value is -3.55. The number of carboxylic acids is 1. The summed E-state index contributed by atoms with van der Waals surface area (Å²) in [5.74, 6) is -1.87. The largest absolute Gasteiger partial charge is 0.506 e. The third-order valence-corrected chi connectivity index (χ3v) is 5.50. The topological polar surface area (TPSA) is 104 Å². The molecule has 7 nitrogen and oxygen atoms in total. The smallest absolute Gasteiger partial charge is 0.305 e. The molecule has 0 radical (unpaired) electrons. The Balaban J connectivity index is 1.65. The van der Waals surface area contributed by atoms with E-state index >= 15 is 0 Å². The number of phenols is 1. The molecule has 0 saturated carbocycles. The minimum Gasteiger partial charge on any atom is -0.506 e. The van der Waals surface area contributed by atoms with E-state index in [-0.39, 0.29) is 27.8 Å². The highest BCUT2D eigenvalue weighted by Crippen LogP contribution is 2.32. The lowest BCUT2D eigenvalue weighted by atomic mass is 10.0. The molecule has 4 aromatic rings. The predicted molar refractivity (Wildman–Crippen MR) is 123 cm³/mol. The van der Waals surface area contributed by atoms with Gasteiger partial charge in [-0.2, -0.15) is 0 Å². The van der Waals surface area contributed by atoms with E-state index in [1.165, 1.54) is 12.1 Å². The zero-order valence-corrected chi connectivity index (χ0v) is 18.0. The summed E-state index contributed by atoms with van der Waals surface area (Å²) in [7, 11) is 0. The summed E-state index contributed by atoms with van der Waals surface area (Å²) in [6, 6.07) is 16.6. The highest BCUT2D eigenvalue weighted by molar-refractivity contribution is 6.36. The first-order chi connectivity index (χ1) is 15.3. The average molecular weight is 470 g/mol. The van der Waals surface area contributed by atoms with E-state index in [0.717, 1.165) is 5.56 Å². The molecule has 162 valence electrons. The van der Waals surface area contributed by atoms with Crippen LogP contribution in [0.1, 0.15) is 28.4 Å². The Morgan fingerprint density at radius 3 is 2.53 bits per heavy atom. The Morgan fingerprint density at radius 2 is 1.81 bits per heavy atom. The van der Waals surface area contributed by atoms with Crippen LogP contribution in [0.25, 0.3) is 11.0 Å². The molecule has 0 aliphatic carbocycles. The molecule has 0 aliphatic rings. The Morgan fingerprint density at radius 1 is 1.06 bits per heavy atom. The summed E-state index contributed by atoms with van der Waals surface area (Å²) in [4.78, 5) is 28.5. The van der Waals surface area contributed by atoms with Crippen molar-refractivity contribution >= 4 is 51.8 Å². The fraction of sp³-hybridized carbons (Fsp3) is 0.0870. The highest BCUT2D eigenvalue weighted by Gasteiger charge is 2.20. The van der Waals surface area contributed by atoms with Gasteiger partial charge in [0.1, 0.15) is 5.75 Å². The number of halogens is 2. The molecule has 3 N–H and O–H groups in total. The van der Waals surface area contributed by atoms with Crippen LogP contribution >= 0.6 is 23.2 Å². The molecular weight excluding hydrogens is 453 g/mol. The van der Waals surface area contributed by atoms with Gasteiger partial charge in [0.2, 0.25) is 0 Å². The number of hydrogen-bond acceptors (Lipinski definition) is 4. The van der Waals surface area contributed by atoms with Crippen LogP contribution in [-0.4, -0.2) is 31.6 Å². The predicted octanol–water partition coefficient (Wildman–Crippen LogP) is 5.37. The monoisotopic (exact) mass is 469 g/mol. The van der Waals surface area contributed by atoms with E-state index in [1.54, 1.807) is 29.1 Å². The minimum absolute atomic E-state index is 0.0257. The third kappa shape index (κ3) is 4.39. The number of rotatable bonds is 6. The standard InChI is InChI=1S/C23H17Cl2N3O4/c24-14-8-16(22(31)17(25)9-14)23(32)27-15-6-7-19-18(10-15)26-12-28(19)20(11-21(29)30)13-4-2-1-3-5-13/h1-10,12,20,31H,11H2,(H,27,32)(H,29,30). The van der Waals surface area contributed by atoms with Crippen LogP contribution in [0, 0.1) is 0 Å². The van der Waals surface area contributed by atoms with Crippen LogP contribution in [-0.2, 0) is 4.79 Å². The summed E-state index contributed by atoms with van der Waals surface area (Å²) in [5.41, 5.74) is 2.52. The lowest BCUT2D eigenvalue weighted by molar-refractivity contribution is -0.137. The maximum atomic E-state index is 12.6. The number of benzene rings is 3. The second-order valence-corrected chi connectivity index (χ2v) is 7.96. The SMILES string of the molecule is O=C(O)CC(c1ccccc1)n1cnc2cc(NC(=O)c3cc(Cl)cc(Cl)c3O)ccc21. The van der Waals surface area contributed by atoms with Crippen molar-refractivity contribution in [3.63, 3.8) is 0 Å². The van der Waals surface area contributed by atoms with Gasteiger partial charge in [-0.25, -0.2) is 4.98 Å². The molecule has 1 unspecified atom stereocenters. The van der Waals surface area contributed by atoms with Crippen LogP contribution in [0.3, 0.4) is 0 Å². The number of aliphatic carboxylic acids is 1. The van der Waals surface area contributed by atoms with Crippen molar-refractivity contribution in [1.29, 1.82) is 0 Å². The molecule has 0 saturated heterocycles. The average Bonchev–Trinajstić information content (AvgIpc) is 3.18. The molecule has 0 fully saturated rings. The second kappa shape index (κ2) is 8.90. The Bertz CT molecular complexity index is 1320. The van der Waals surface area contributed by atoms with Crippen molar-refractivity contribution in [2.45, 2.75) is 12.5 Å². The third-order valence-electron chi connectivity index (χ3n) is 4.99. The number of fused-ring (bicyclic) bond motifs is 1. The van der Waals surface area contributed by atoms with Crippen LogP contribution in [0.2, 0.25) is 10.0 Å². The van der Waals surface area contributed by atoms with Crippen molar-refractivity contribution < 1.29 is 19.8 Å². The van der Waals surface area contributed by atoms with Gasteiger partial charge in [0.15, 0.2) is 0 Å². The Kier molecular flexibility index (Phi) is 6.03. The van der Waals surface area contributed by atoms with Crippen molar-refractivity contribution in [3.8, 4) is 5.75 Å². The number of carbonyl (C=O) groups is 2. The van der Waals surface area contributed by atoms with Crippen LogP contribution < -0.4 is 5.32 Å². The summed E-state index contributed by atoms with van der Waals surface area (Å²) in [5, 5.41) is 22.4. The lowest BCUT2D eigenvalue weighted by Gasteiger charge is -2.18. The summed E-state index contributed by atoms with van der Waals surface area (Å²) in [6.45, 7) is 0. The van der Waals surface area contributed by atoms with Gasteiger partial charge in [0, 0.05) is 10.7 Å². The molecule has 4 rings (SSSR count). The first-order valence-electron chi connectivity index (χ1n) is 9.56. The molecule has 0 spiro atoms. The van der Waals surface area contributed by atoms with Gasteiger partial charge >= 0.3 is 5.97 Å². The summed E-state index contributed by atoms with van der Waals surface area (Å²) in [6.07, 6.45) is 1.47. The van der Waals surface area contributed by atoms with Gasteiger partial charge < -0.3 is 20.1 Å². The van der Waals surface area contributed by atoms with E-state index < -0.39 is 17.9 Å². The molecule has 32 heavy (non-hydrogen) atoms. The first-order valence-corrected chi connectivity index (χ1v) is 10.3. The molecular formula is C23H17Cl2N3O4. The number of anilines is 1. The maximum absolute atomic E-state index is 12.6.